The highest BCUT2D eigenvalue weighted by atomic mass is 16.6. The zero-order valence-electron chi connectivity index (χ0n) is 9.90. The molecule has 3 heteroatoms. The van der Waals surface area contributed by atoms with Crippen LogP contribution in [-0.2, 0) is 0 Å². The predicted molar refractivity (Wildman–Crippen MR) is 64.6 cm³/mol. The van der Waals surface area contributed by atoms with Gasteiger partial charge in [0.25, 0.3) is 0 Å². The molecule has 1 aromatic carbocycles. The lowest BCUT2D eigenvalue weighted by Gasteiger charge is -2.13. The minimum absolute atomic E-state index is 0.163. The van der Waals surface area contributed by atoms with Gasteiger partial charge in [0.2, 0.25) is 0 Å². The highest BCUT2D eigenvalue weighted by Crippen LogP contribution is 2.08. The number of nitrogens with one attached hydrogen (secondary N) is 1. The second kappa shape index (κ2) is 6.88. The van der Waals surface area contributed by atoms with Crippen molar-refractivity contribution in [2.45, 2.75) is 39.2 Å². The monoisotopic (exact) mass is 221 g/mol. The van der Waals surface area contributed by atoms with Crippen LogP contribution in [0.25, 0.3) is 0 Å². The molecule has 0 saturated heterocycles. The molecule has 0 saturated carbocycles. The smallest absolute Gasteiger partial charge is 0.410 e. The Kier molecular flexibility index (Phi) is 5.40. The first-order valence-corrected chi connectivity index (χ1v) is 5.75. The van der Waals surface area contributed by atoms with Gasteiger partial charge in [-0.15, -0.1) is 0 Å². The number of rotatable bonds is 5. The normalized spacial score (nSPS) is 11.9. The molecule has 1 rings (SSSR count). The zero-order valence-corrected chi connectivity index (χ0v) is 9.90. The molecule has 0 fully saturated rings. The zero-order chi connectivity index (χ0) is 11.8. The molecule has 0 aromatic heterocycles. The van der Waals surface area contributed by atoms with Gasteiger partial charge in [0.15, 0.2) is 0 Å². The largest absolute Gasteiger partial charge is 0.412 e. The first-order chi connectivity index (χ1) is 7.72. The lowest BCUT2D eigenvalue weighted by Crippen LogP contribution is -2.34. The standard InChI is InChI=1S/C13H19NO2/c1-3-4-8-11(2)14-13(15)16-12-9-6-5-7-10-12/h5-7,9-11H,3-4,8H2,1-2H3,(H,14,15). The molecule has 0 aliphatic carbocycles. The van der Waals surface area contributed by atoms with E-state index in [9.17, 15) is 4.79 Å². The highest BCUT2D eigenvalue weighted by Gasteiger charge is 2.08. The fourth-order valence-electron chi connectivity index (χ4n) is 1.41. The molecular formula is C13H19NO2. The van der Waals surface area contributed by atoms with Gasteiger partial charge in [0.1, 0.15) is 5.75 Å². The number of benzene rings is 1. The highest BCUT2D eigenvalue weighted by molar-refractivity contribution is 5.70. The van der Waals surface area contributed by atoms with Crippen LogP contribution in [-0.4, -0.2) is 12.1 Å². The first-order valence-electron chi connectivity index (χ1n) is 5.75. The molecule has 16 heavy (non-hydrogen) atoms. The Balaban J connectivity index is 2.31. The number of unbranched alkanes of at least 4 members (excludes halogenated alkanes) is 1. The maximum atomic E-state index is 11.5. The molecule has 1 N–H and O–H groups in total. The first kappa shape index (κ1) is 12.6. The summed E-state index contributed by atoms with van der Waals surface area (Å²) < 4.78 is 5.11. The van der Waals surface area contributed by atoms with Crippen LogP contribution in [0.4, 0.5) is 4.79 Å². The van der Waals surface area contributed by atoms with Crippen LogP contribution in [0.3, 0.4) is 0 Å². The maximum absolute atomic E-state index is 11.5. The summed E-state index contributed by atoms with van der Waals surface area (Å²) in [6.45, 7) is 4.12. The molecule has 1 unspecified atom stereocenters. The van der Waals surface area contributed by atoms with E-state index in [0.717, 1.165) is 19.3 Å². The minimum Gasteiger partial charge on any atom is -0.410 e. The van der Waals surface area contributed by atoms with Crippen molar-refractivity contribution in [3.63, 3.8) is 0 Å². The van der Waals surface area contributed by atoms with Crippen molar-refractivity contribution in [3.8, 4) is 5.75 Å². The van der Waals surface area contributed by atoms with Crippen molar-refractivity contribution in [1.82, 2.24) is 5.32 Å². The molecule has 0 heterocycles. The van der Waals surface area contributed by atoms with Gasteiger partial charge < -0.3 is 10.1 Å². The number of carbonyl (C=O) groups is 1. The second-order valence-corrected chi connectivity index (χ2v) is 3.89. The Morgan fingerprint density at radius 1 is 1.38 bits per heavy atom. The van der Waals surface area contributed by atoms with Gasteiger partial charge in [-0.3, -0.25) is 0 Å². The van der Waals surface area contributed by atoms with E-state index in [1.54, 1.807) is 12.1 Å². The topological polar surface area (TPSA) is 38.3 Å². The number of ether oxygens (including phenoxy) is 1. The summed E-state index contributed by atoms with van der Waals surface area (Å²) in [5, 5.41) is 2.80. The summed E-state index contributed by atoms with van der Waals surface area (Å²) in [6, 6.07) is 9.24. The third kappa shape index (κ3) is 4.82. The lowest BCUT2D eigenvalue weighted by atomic mass is 10.1. The number of hydrogen-bond acceptors (Lipinski definition) is 2. The van der Waals surface area contributed by atoms with Crippen LogP contribution in [0.5, 0.6) is 5.75 Å². The molecule has 0 spiro atoms. The number of hydrogen-bond donors (Lipinski definition) is 1. The molecule has 0 bridgehead atoms. The summed E-state index contributed by atoms with van der Waals surface area (Å²) in [5.74, 6) is 0.572. The van der Waals surface area contributed by atoms with Gasteiger partial charge >= 0.3 is 6.09 Å². The minimum atomic E-state index is -0.380. The van der Waals surface area contributed by atoms with Crippen LogP contribution < -0.4 is 10.1 Å². The van der Waals surface area contributed by atoms with E-state index < -0.39 is 0 Å². The van der Waals surface area contributed by atoms with Crippen molar-refractivity contribution in [3.05, 3.63) is 30.3 Å². The van der Waals surface area contributed by atoms with E-state index in [4.69, 9.17) is 4.74 Å². The lowest BCUT2D eigenvalue weighted by molar-refractivity contribution is 0.196. The SMILES string of the molecule is CCCCC(C)NC(=O)Oc1ccccc1. The summed E-state index contributed by atoms with van der Waals surface area (Å²) in [4.78, 5) is 11.5. The van der Waals surface area contributed by atoms with E-state index in [2.05, 4.69) is 12.2 Å². The Labute approximate surface area is 96.8 Å². The van der Waals surface area contributed by atoms with Crippen LogP contribution in [0.1, 0.15) is 33.1 Å². The molecule has 1 amide bonds. The Hall–Kier alpha value is -1.51. The van der Waals surface area contributed by atoms with Crippen LogP contribution in [0.15, 0.2) is 30.3 Å². The second-order valence-electron chi connectivity index (χ2n) is 3.89. The van der Waals surface area contributed by atoms with Crippen molar-refractivity contribution in [1.29, 1.82) is 0 Å². The molecular weight excluding hydrogens is 202 g/mol. The summed E-state index contributed by atoms with van der Waals surface area (Å²) in [6.07, 6.45) is 2.86. The van der Waals surface area contributed by atoms with Crippen LogP contribution >= 0.6 is 0 Å². The third-order valence-corrected chi connectivity index (χ3v) is 2.31. The van der Waals surface area contributed by atoms with Crippen molar-refractivity contribution in [2.75, 3.05) is 0 Å². The Morgan fingerprint density at radius 3 is 2.69 bits per heavy atom. The Morgan fingerprint density at radius 2 is 2.06 bits per heavy atom. The molecule has 1 aromatic rings. The van der Waals surface area contributed by atoms with E-state index in [-0.39, 0.29) is 12.1 Å². The van der Waals surface area contributed by atoms with E-state index in [0.29, 0.717) is 5.75 Å². The van der Waals surface area contributed by atoms with E-state index in [1.165, 1.54) is 0 Å². The number of amides is 1. The molecule has 88 valence electrons. The van der Waals surface area contributed by atoms with Crippen LogP contribution in [0.2, 0.25) is 0 Å². The van der Waals surface area contributed by atoms with Crippen molar-refractivity contribution in [2.24, 2.45) is 0 Å². The van der Waals surface area contributed by atoms with Gasteiger partial charge in [0.05, 0.1) is 0 Å². The fraction of sp³-hybridized carbons (Fsp3) is 0.462. The van der Waals surface area contributed by atoms with Gasteiger partial charge in [-0.05, 0) is 25.5 Å². The molecule has 1 atom stereocenters. The van der Waals surface area contributed by atoms with Gasteiger partial charge in [-0.25, -0.2) is 4.79 Å². The van der Waals surface area contributed by atoms with Crippen molar-refractivity contribution >= 4 is 6.09 Å². The van der Waals surface area contributed by atoms with Gasteiger partial charge in [-0.2, -0.15) is 0 Å². The van der Waals surface area contributed by atoms with Gasteiger partial charge in [-0.1, -0.05) is 38.0 Å². The quantitative estimate of drug-likeness (QED) is 0.828. The maximum Gasteiger partial charge on any atom is 0.412 e. The Bertz CT molecular complexity index is 311. The molecule has 0 radical (unpaired) electrons. The molecule has 0 aliphatic heterocycles. The molecule has 3 nitrogen and oxygen atoms in total. The van der Waals surface area contributed by atoms with E-state index in [1.807, 2.05) is 25.1 Å². The average molecular weight is 221 g/mol. The molecule has 0 aliphatic rings. The van der Waals surface area contributed by atoms with E-state index >= 15 is 0 Å². The predicted octanol–water partition coefficient (Wildman–Crippen LogP) is 3.35. The summed E-state index contributed by atoms with van der Waals surface area (Å²) in [5.41, 5.74) is 0. The number of carbonyl (C=O) groups excluding carboxylic acids is 1. The summed E-state index contributed by atoms with van der Waals surface area (Å²) >= 11 is 0. The summed E-state index contributed by atoms with van der Waals surface area (Å²) in [7, 11) is 0. The van der Waals surface area contributed by atoms with Gasteiger partial charge in [0, 0.05) is 6.04 Å². The average Bonchev–Trinajstić information content (AvgIpc) is 2.27. The van der Waals surface area contributed by atoms with Crippen molar-refractivity contribution < 1.29 is 9.53 Å². The number of para-hydroxylation sites is 1. The fourth-order valence-corrected chi connectivity index (χ4v) is 1.41. The van der Waals surface area contributed by atoms with Crippen LogP contribution in [0, 0.1) is 0 Å². The third-order valence-electron chi connectivity index (χ3n) is 2.31.